The first-order chi connectivity index (χ1) is 7.52. The van der Waals surface area contributed by atoms with Crippen LogP contribution in [0.4, 0.5) is 0 Å². The molecular formula is C14H21NO. The highest BCUT2D eigenvalue weighted by Crippen LogP contribution is 2.65. The van der Waals surface area contributed by atoms with Crippen LogP contribution < -0.4 is 10.5 Å². The molecule has 2 rings (SSSR count). The minimum absolute atomic E-state index is 0.317. The number of aryl methyl sites for hydroxylation is 1. The Balaban J connectivity index is 2.35. The molecule has 0 heterocycles. The summed E-state index contributed by atoms with van der Waals surface area (Å²) >= 11 is 0. The van der Waals surface area contributed by atoms with Crippen LogP contribution in [0.1, 0.15) is 30.9 Å². The first-order valence-corrected chi connectivity index (χ1v) is 5.87. The summed E-state index contributed by atoms with van der Waals surface area (Å²) in [5, 5.41) is 0. The highest BCUT2D eigenvalue weighted by molar-refractivity contribution is 5.44. The van der Waals surface area contributed by atoms with Gasteiger partial charge in [0.1, 0.15) is 5.75 Å². The van der Waals surface area contributed by atoms with Gasteiger partial charge in [-0.2, -0.15) is 0 Å². The Kier molecular flexibility index (Phi) is 2.70. The molecule has 16 heavy (non-hydrogen) atoms. The van der Waals surface area contributed by atoms with Crippen LogP contribution in [0.25, 0.3) is 0 Å². The summed E-state index contributed by atoms with van der Waals surface area (Å²) in [6.07, 6.45) is 0. The van der Waals surface area contributed by atoms with Crippen molar-refractivity contribution >= 4 is 0 Å². The smallest absolute Gasteiger partial charge is 0.122 e. The summed E-state index contributed by atoms with van der Waals surface area (Å²) in [4.78, 5) is 0. The Morgan fingerprint density at radius 2 is 2.06 bits per heavy atom. The number of methoxy groups -OCH3 is 1. The maximum Gasteiger partial charge on any atom is 0.122 e. The molecule has 0 spiro atoms. The van der Waals surface area contributed by atoms with E-state index in [9.17, 15) is 0 Å². The Morgan fingerprint density at radius 1 is 1.38 bits per heavy atom. The molecule has 1 saturated carbocycles. The topological polar surface area (TPSA) is 35.2 Å². The van der Waals surface area contributed by atoms with Gasteiger partial charge in [-0.05, 0) is 47.9 Å². The minimum Gasteiger partial charge on any atom is -0.496 e. The molecule has 1 aliphatic rings. The fraction of sp³-hybridized carbons (Fsp3) is 0.571. The average Bonchev–Trinajstić information content (AvgIpc) is 2.80. The third kappa shape index (κ3) is 1.61. The van der Waals surface area contributed by atoms with Crippen LogP contribution in [0.2, 0.25) is 0 Å². The van der Waals surface area contributed by atoms with Gasteiger partial charge in [-0.25, -0.2) is 0 Å². The largest absolute Gasteiger partial charge is 0.496 e. The standard InChI is InChI=1S/C14H21NO/c1-9-5-6-10(12(7-9)16-4)13-11(8-15)14(13,2)3/h5-7,11,13H,8,15H2,1-4H3. The molecule has 2 atom stereocenters. The van der Waals surface area contributed by atoms with Gasteiger partial charge in [-0.3, -0.25) is 0 Å². The SMILES string of the molecule is COc1cc(C)ccc1C1C(CN)C1(C)C. The Morgan fingerprint density at radius 3 is 2.56 bits per heavy atom. The number of ether oxygens (including phenoxy) is 1. The second kappa shape index (κ2) is 3.77. The van der Waals surface area contributed by atoms with E-state index in [1.54, 1.807) is 7.11 Å². The van der Waals surface area contributed by atoms with E-state index in [1.165, 1.54) is 11.1 Å². The molecule has 0 radical (unpaired) electrons. The van der Waals surface area contributed by atoms with Crippen LogP contribution >= 0.6 is 0 Å². The van der Waals surface area contributed by atoms with Crippen LogP contribution in [0.3, 0.4) is 0 Å². The molecule has 2 N–H and O–H groups in total. The molecule has 88 valence electrons. The maximum atomic E-state index is 5.82. The van der Waals surface area contributed by atoms with Crippen molar-refractivity contribution in [2.45, 2.75) is 26.7 Å². The van der Waals surface area contributed by atoms with E-state index in [0.717, 1.165) is 12.3 Å². The molecular weight excluding hydrogens is 198 g/mol. The van der Waals surface area contributed by atoms with Gasteiger partial charge < -0.3 is 10.5 Å². The number of hydrogen-bond acceptors (Lipinski definition) is 2. The summed E-state index contributed by atoms with van der Waals surface area (Å²) < 4.78 is 5.47. The summed E-state index contributed by atoms with van der Waals surface area (Å²) in [6.45, 7) is 7.42. The molecule has 0 bridgehead atoms. The number of hydrogen-bond donors (Lipinski definition) is 1. The van der Waals surface area contributed by atoms with Crippen molar-refractivity contribution in [3.63, 3.8) is 0 Å². The Labute approximate surface area is 97.8 Å². The van der Waals surface area contributed by atoms with Gasteiger partial charge in [-0.15, -0.1) is 0 Å². The van der Waals surface area contributed by atoms with Crippen LogP contribution in [0.15, 0.2) is 18.2 Å². The van der Waals surface area contributed by atoms with E-state index in [1.807, 2.05) is 0 Å². The van der Waals surface area contributed by atoms with Crippen molar-refractivity contribution in [3.8, 4) is 5.75 Å². The van der Waals surface area contributed by atoms with E-state index >= 15 is 0 Å². The zero-order valence-corrected chi connectivity index (χ0v) is 10.6. The van der Waals surface area contributed by atoms with Gasteiger partial charge in [-0.1, -0.05) is 26.0 Å². The molecule has 1 aliphatic carbocycles. The van der Waals surface area contributed by atoms with E-state index in [-0.39, 0.29) is 0 Å². The lowest BCUT2D eigenvalue weighted by atomic mass is 10.0. The van der Waals surface area contributed by atoms with E-state index in [4.69, 9.17) is 10.5 Å². The zero-order valence-electron chi connectivity index (χ0n) is 10.6. The minimum atomic E-state index is 0.317. The van der Waals surface area contributed by atoms with Crippen molar-refractivity contribution in [2.75, 3.05) is 13.7 Å². The second-order valence-electron chi connectivity index (χ2n) is 5.39. The quantitative estimate of drug-likeness (QED) is 0.848. The predicted octanol–water partition coefficient (Wildman–Crippen LogP) is 2.70. The van der Waals surface area contributed by atoms with Gasteiger partial charge in [0.2, 0.25) is 0 Å². The first-order valence-electron chi connectivity index (χ1n) is 5.87. The van der Waals surface area contributed by atoms with Crippen molar-refractivity contribution in [3.05, 3.63) is 29.3 Å². The number of rotatable bonds is 3. The van der Waals surface area contributed by atoms with E-state index in [2.05, 4.69) is 39.0 Å². The van der Waals surface area contributed by atoms with Crippen LogP contribution in [0.5, 0.6) is 5.75 Å². The molecule has 1 aromatic rings. The summed E-state index contributed by atoms with van der Waals surface area (Å²) in [7, 11) is 1.74. The molecule has 0 saturated heterocycles. The van der Waals surface area contributed by atoms with Gasteiger partial charge in [0.05, 0.1) is 7.11 Å². The molecule has 2 nitrogen and oxygen atoms in total. The Hall–Kier alpha value is -1.02. The lowest BCUT2D eigenvalue weighted by molar-refractivity contribution is 0.407. The molecule has 2 heteroatoms. The number of benzene rings is 1. The molecule has 1 aromatic carbocycles. The molecule has 0 amide bonds. The van der Waals surface area contributed by atoms with Gasteiger partial charge >= 0.3 is 0 Å². The lowest BCUT2D eigenvalue weighted by Crippen LogP contribution is -2.05. The fourth-order valence-corrected chi connectivity index (χ4v) is 2.88. The molecule has 0 aliphatic heterocycles. The molecule has 1 fully saturated rings. The van der Waals surface area contributed by atoms with Crippen molar-refractivity contribution < 1.29 is 4.74 Å². The van der Waals surface area contributed by atoms with Crippen LogP contribution in [-0.4, -0.2) is 13.7 Å². The molecule has 2 unspecified atom stereocenters. The summed E-state index contributed by atoms with van der Waals surface area (Å²) in [5.41, 5.74) is 8.69. The number of nitrogens with two attached hydrogens (primary N) is 1. The van der Waals surface area contributed by atoms with E-state index < -0.39 is 0 Å². The monoisotopic (exact) mass is 219 g/mol. The Bertz CT molecular complexity index is 398. The van der Waals surface area contributed by atoms with Gasteiger partial charge in [0, 0.05) is 0 Å². The third-order valence-electron chi connectivity index (χ3n) is 4.03. The average molecular weight is 219 g/mol. The first kappa shape index (κ1) is 11.5. The van der Waals surface area contributed by atoms with E-state index in [0.29, 0.717) is 17.3 Å². The van der Waals surface area contributed by atoms with Gasteiger partial charge in [0.15, 0.2) is 0 Å². The second-order valence-corrected chi connectivity index (χ2v) is 5.39. The maximum absolute atomic E-state index is 5.82. The zero-order chi connectivity index (χ0) is 11.9. The summed E-state index contributed by atoms with van der Waals surface area (Å²) in [5.74, 6) is 2.14. The van der Waals surface area contributed by atoms with Crippen molar-refractivity contribution in [2.24, 2.45) is 17.1 Å². The summed E-state index contributed by atoms with van der Waals surface area (Å²) in [6, 6.07) is 6.45. The highest BCUT2D eigenvalue weighted by Gasteiger charge is 2.58. The van der Waals surface area contributed by atoms with Crippen LogP contribution in [0, 0.1) is 18.3 Å². The van der Waals surface area contributed by atoms with Crippen LogP contribution in [-0.2, 0) is 0 Å². The van der Waals surface area contributed by atoms with Gasteiger partial charge in [0.25, 0.3) is 0 Å². The normalized spacial score (nSPS) is 26.6. The van der Waals surface area contributed by atoms with Crippen molar-refractivity contribution in [1.29, 1.82) is 0 Å². The molecule has 0 aromatic heterocycles. The fourth-order valence-electron chi connectivity index (χ4n) is 2.88. The third-order valence-corrected chi connectivity index (χ3v) is 4.03. The predicted molar refractivity (Wildman–Crippen MR) is 66.8 cm³/mol. The van der Waals surface area contributed by atoms with Crippen molar-refractivity contribution in [1.82, 2.24) is 0 Å². The lowest BCUT2D eigenvalue weighted by Gasteiger charge is -2.10. The highest BCUT2D eigenvalue weighted by atomic mass is 16.5.